The fraction of sp³-hybridized carbons (Fsp3) is 0.333. The third kappa shape index (κ3) is 4.38. The molecule has 182 valence electrons. The van der Waals surface area contributed by atoms with Gasteiger partial charge in [0.1, 0.15) is 22.1 Å². The number of methoxy groups -OCH3 is 1. The van der Waals surface area contributed by atoms with Gasteiger partial charge in [-0.05, 0) is 42.7 Å². The number of hydrogen-bond donors (Lipinski definition) is 2. The molecule has 0 bridgehead atoms. The Hall–Kier alpha value is -3.41. The summed E-state index contributed by atoms with van der Waals surface area (Å²) < 4.78 is 32.5. The number of nitrogens with two attached hydrogens (primary N) is 1. The van der Waals surface area contributed by atoms with Crippen LogP contribution in [-0.2, 0) is 21.2 Å². The number of anilines is 1. The molecular weight excluding hydrogens is 468 g/mol. The van der Waals surface area contributed by atoms with Gasteiger partial charge in [0.2, 0.25) is 10.0 Å². The summed E-state index contributed by atoms with van der Waals surface area (Å²) in [5.74, 6) is 0.379. The number of hydrogen-bond acceptors (Lipinski definition) is 8. The molecular formula is C24H26N6O4S. The minimum atomic E-state index is -3.67. The average molecular weight is 495 g/mol. The third-order valence-corrected chi connectivity index (χ3v) is 8.38. The van der Waals surface area contributed by atoms with Crippen molar-refractivity contribution in [2.24, 2.45) is 5.92 Å². The first-order valence-electron chi connectivity index (χ1n) is 11.3. The maximum absolute atomic E-state index is 13.0. The van der Waals surface area contributed by atoms with Gasteiger partial charge in [0.15, 0.2) is 0 Å². The van der Waals surface area contributed by atoms with Crippen molar-refractivity contribution in [3.63, 3.8) is 0 Å². The maximum atomic E-state index is 13.0. The van der Waals surface area contributed by atoms with E-state index in [1.54, 1.807) is 32.4 Å². The molecule has 3 heterocycles. The summed E-state index contributed by atoms with van der Waals surface area (Å²) >= 11 is 0. The van der Waals surface area contributed by atoms with E-state index in [0.717, 1.165) is 24.0 Å². The number of amides is 1. The Morgan fingerprint density at radius 2 is 2.00 bits per heavy atom. The summed E-state index contributed by atoms with van der Waals surface area (Å²) in [4.78, 5) is 25.4. The van der Waals surface area contributed by atoms with Crippen molar-refractivity contribution in [1.29, 1.82) is 0 Å². The summed E-state index contributed by atoms with van der Waals surface area (Å²) in [6.07, 6.45) is 4.35. The molecule has 1 amide bonds. The number of benzene rings is 1. The van der Waals surface area contributed by atoms with Gasteiger partial charge in [0.05, 0.1) is 18.5 Å². The van der Waals surface area contributed by atoms with Gasteiger partial charge in [-0.3, -0.25) is 9.78 Å². The first kappa shape index (κ1) is 23.3. The molecule has 1 aliphatic carbocycles. The van der Waals surface area contributed by atoms with E-state index in [1.807, 2.05) is 6.07 Å². The van der Waals surface area contributed by atoms with Crippen LogP contribution in [-0.4, -0.2) is 66.9 Å². The summed E-state index contributed by atoms with van der Waals surface area (Å²) in [6, 6.07) is 8.54. The van der Waals surface area contributed by atoms with Crippen LogP contribution < -0.4 is 11.1 Å². The lowest BCUT2D eigenvalue weighted by atomic mass is 9.96. The van der Waals surface area contributed by atoms with Gasteiger partial charge in [-0.1, -0.05) is 6.07 Å². The van der Waals surface area contributed by atoms with Gasteiger partial charge < -0.3 is 15.8 Å². The van der Waals surface area contributed by atoms with Crippen LogP contribution in [0.25, 0.3) is 22.6 Å². The molecule has 1 fully saturated rings. The van der Waals surface area contributed by atoms with E-state index in [-0.39, 0.29) is 28.6 Å². The third-order valence-electron chi connectivity index (χ3n) is 6.51. The first-order valence-corrected chi connectivity index (χ1v) is 12.7. The van der Waals surface area contributed by atoms with Gasteiger partial charge in [0.25, 0.3) is 5.91 Å². The number of ether oxygens (including phenoxy) is 1. The highest BCUT2D eigenvalue weighted by molar-refractivity contribution is 7.89. The molecule has 1 aliphatic heterocycles. The normalized spacial score (nSPS) is 19.3. The SMILES string of the molecule is COC[C@H]1C[C@@H]1N(C)S(=O)(=O)c1ccc(-c2cnc(N)c(-c3ccc4c(c3)CCNC4=O)n2)nc1. The van der Waals surface area contributed by atoms with Crippen LogP contribution in [0.5, 0.6) is 0 Å². The molecule has 0 radical (unpaired) electrons. The molecule has 2 aliphatic rings. The lowest BCUT2D eigenvalue weighted by Gasteiger charge is -2.18. The lowest BCUT2D eigenvalue weighted by molar-refractivity contribution is 0.0946. The number of nitrogens with zero attached hydrogens (tertiary/aromatic N) is 4. The van der Waals surface area contributed by atoms with Crippen LogP contribution in [0.3, 0.4) is 0 Å². The molecule has 2 atom stereocenters. The fourth-order valence-corrected chi connectivity index (χ4v) is 5.78. The molecule has 2 aromatic heterocycles. The second kappa shape index (κ2) is 8.99. The molecule has 3 aromatic rings. The molecule has 0 spiro atoms. The van der Waals surface area contributed by atoms with E-state index in [4.69, 9.17) is 10.5 Å². The molecule has 1 saturated carbocycles. The monoisotopic (exact) mass is 494 g/mol. The number of carbonyl (C=O) groups excluding carboxylic acids is 1. The van der Waals surface area contributed by atoms with E-state index in [1.165, 1.54) is 22.8 Å². The Bertz CT molecular complexity index is 1390. The predicted molar refractivity (Wildman–Crippen MR) is 130 cm³/mol. The quantitative estimate of drug-likeness (QED) is 0.506. The molecule has 35 heavy (non-hydrogen) atoms. The largest absolute Gasteiger partial charge is 0.384 e. The maximum Gasteiger partial charge on any atom is 0.251 e. The second-order valence-corrected chi connectivity index (χ2v) is 10.8. The van der Waals surface area contributed by atoms with E-state index in [9.17, 15) is 13.2 Å². The van der Waals surface area contributed by atoms with Gasteiger partial charge in [-0.25, -0.2) is 18.4 Å². The molecule has 3 N–H and O–H groups in total. The Balaban J connectivity index is 1.41. The predicted octanol–water partition coefficient (Wildman–Crippen LogP) is 1.73. The van der Waals surface area contributed by atoms with Crippen molar-refractivity contribution in [3.8, 4) is 22.6 Å². The number of nitrogen functional groups attached to an aromatic ring is 1. The zero-order valence-electron chi connectivity index (χ0n) is 19.4. The van der Waals surface area contributed by atoms with E-state index >= 15 is 0 Å². The van der Waals surface area contributed by atoms with Gasteiger partial charge >= 0.3 is 0 Å². The van der Waals surface area contributed by atoms with Crippen molar-refractivity contribution < 1.29 is 17.9 Å². The van der Waals surface area contributed by atoms with Gasteiger partial charge in [-0.2, -0.15) is 4.31 Å². The summed E-state index contributed by atoms with van der Waals surface area (Å²) in [6.45, 7) is 1.12. The van der Waals surface area contributed by atoms with E-state index in [0.29, 0.717) is 35.8 Å². The molecule has 0 unspecified atom stereocenters. The van der Waals surface area contributed by atoms with Crippen LogP contribution in [0.15, 0.2) is 47.6 Å². The smallest absolute Gasteiger partial charge is 0.251 e. The van der Waals surface area contributed by atoms with Crippen molar-refractivity contribution in [3.05, 3.63) is 53.9 Å². The molecule has 5 rings (SSSR count). The number of nitrogens with one attached hydrogen (secondary N) is 1. The Kier molecular flexibility index (Phi) is 5.99. The highest BCUT2D eigenvalue weighted by atomic mass is 32.2. The highest BCUT2D eigenvalue weighted by Crippen LogP contribution is 2.38. The Labute approximate surface area is 203 Å². The number of rotatable bonds is 7. The summed E-state index contributed by atoms with van der Waals surface area (Å²) in [5.41, 5.74) is 9.86. The van der Waals surface area contributed by atoms with Crippen molar-refractivity contribution in [2.45, 2.75) is 23.8 Å². The molecule has 10 nitrogen and oxygen atoms in total. The topological polar surface area (TPSA) is 140 Å². The van der Waals surface area contributed by atoms with Crippen LogP contribution in [0.2, 0.25) is 0 Å². The van der Waals surface area contributed by atoms with Crippen molar-refractivity contribution >= 4 is 21.7 Å². The highest BCUT2D eigenvalue weighted by Gasteiger charge is 2.45. The lowest BCUT2D eigenvalue weighted by Crippen LogP contribution is -2.31. The van der Waals surface area contributed by atoms with Crippen molar-refractivity contribution in [1.82, 2.24) is 24.6 Å². The summed E-state index contributed by atoms with van der Waals surface area (Å²) in [7, 11) is -0.471. The van der Waals surface area contributed by atoms with Crippen LogP contribution in [0.4, 0.5) is 5.82 Å². The van der Waals surface area contributed by atoms with Gasteiger partial charge in [0, 0.05) is 50.0 Å². The van der Waals surface area contributed by atoms with E-state index in [2.05, 4.69) is 20.3 Å². The zero-order chi connectivity index (χ0) is 24.7. The van der Waals surface area contributed by atoms with Crippen LogP contribution in [0, 0.1) is 5.92 Å². The number of carbonyl (C=O) groups is 1. The van der Waals surface area contributed by atoms with Crippen LogP contribution in [0.1, 0.15) is 22.3 Å². The number of pyridine rings is 1. The number of fused-ring (bicyclic) bond motifs is 1. The fourth-order valence-electron chi connectivity index (χ4n) is 4.41. The average Bonchev–Trinajstić information content (AvgIpc) is 3.63. The Morgan fingerprint density at radius 1 is 1.17 bits per heavy atom. The number of sulfonamides is 1. The standard InChI is InChI=1S/C24H26N6O4S/c1-30(21-10-16(21)13-34-2)35(32,33)17-4-6-19(27-11-17)20-12-28-23(25)22(29-20)15-3-5-18-14(9-15)7-8-26-24(18)31/h3-6,9,11-12,16,21H,7-8,10,13H2,1-2H3,(H2,25,28)(H,26,31)/t16-,21+/m1/s1. The Morgan fingerprint density at radius 3 is 2.74 bits per heavy atom. The minimum absolute atomic E-state index is 0.0622. The minimum Gasteiger partial charge on any atom is -0.384 e. The number of aromatic nitrogens is 3. The van der Waals surface area contributed by atoms with Crippen molar-refractivity contribution in [2.75, 3.05) is 33.0 Å². The van der Waals surface area contributed by atoms with Crippen LogP contribution >= 0.6 is 0 Å². The van der Waals surface area contributed by atoms with Gasteiger partial charge in [-0.15, -0.1) is 0 Å². The molecule has 0 saturated heterocycles. The second-order valence-electron chi connectivity index (χ2n) is 8.79. The van der Waals surface area contributed by atoms with E-state index < -0.39 is 10.0 Å². The summed E-state index contributed by atoms with van der Waals surface area (Å²) in [5, 5.41) is 2.83. The molecule has 1 aromatic carbocycles. The first-order chi connectivity index (χ1) is 16.8. The molecule has 11 heteroatoms. The zero-order valence-corrected chi connectivity index (χ0v) is 20.2.